The smallest absolute Gasteiger partial charge is 0.136 e. The van der Waals surface area contributed by atoms with Gasteiger partial charge in [0.25, 0.3) is 0 Å². The number of hydrogen-bond donors (Lipinski definition) is 0. The molecule has 1 aromatic heterocycles. The maximum Gasteiger partial charge on any atom is 0.136 e. The number of benzene rings is 2. The van der Waals surface area contributed by atoms with Crippen LogP contribution in [0, 0.1) is 0 Å². The molecule has 0 spiro atoms. The summed E-state index contributed by atoms with van der Waals surface area (Å²) >= 11 is 0. The van der Waals surface area contributed by atoms with E-state index in [1.807, 2.05) is 6.07 Å². The fourth-order valence-electron chi connectivity index (χ4n) is 3.32. The summed E-state index contributed by atoms with van der Waals surface area (Å²) in [5.74, 6) is 0. The van der Waals surface area contributed by atoms with Crippen molar-refractivity contribution < 1.29 is 4.42 Å². The molecular weight excluding hydrogens is 278 g/mol. The minimum atomic E-state index is -0.890. The average Bonchev–Trinajstić information content (AvgIpc) is 2.96. The van der Waals surface area contributed by atoms with Crippen LogP contribution in [0.2, 0.25) is 0 Å². The maximum absolute atomic E-state index is 6.11. The fraction of sp³-hybridized carbons (Fsp3) is 0.278. The van der Waals surface area contributed by atoms with Crippen LogP contribution in [0.3, 0.4) is 0 Å². The van der Waals surface area contributed by atoms with Crippen molar-refractivity contribution >= 4 is 37.7 Å². The van der Waals surface area contributed by atoms with E-state index in [2.05, 4.69) is 54.9 Å². The highest BCUT2D eigenvalue weighted by molar-refractivity contribution is 8.32. The molecule has 2 aromatic carbocycles. The third kappa shape index (κ3) is 1.77. The van der Waals surface area contributed by atoms with E-state index in [0.717, 1.165) is 17.7 Å². The molecule has 1 aliphatic heterocycles. The van der Waals surface area contributed by atoms with Crippen LogP contribution >= 0.6 is 10.0 Å². The number of rotatable bonds is 1. The van der Waals surface area contributed by atoms with Crippen LogP contribution in [0.5, 0.6) is 0 Å². The summed E-state index contributed by atoms with van der Waals surface area (Å²) in [6.45, 7) is 2.92. The van der Waals surface area contributed by atoms with Gasteiger partial charge in [0.15, 0.2) is 0 Å². The number of aliphatic imine (C=N–C) groups is 1. The van der Waals surface area contributed by atoms with E-state index in [1.54, 1.807) is 0 Å². The van der Waals surface area contributed by atoms with Gasteiger partial charge in [0, 0.05) is 26.9 Å². The van der Waals surface area contributed by atoms with E-state index in [1.165, 1.54) is 32.5 Å². The predicted octanol–water partition coefficient (Wildman–Crippen LogP) is 4.96. The first-order valence-corrected chi connectivity index (χ1v) is 9.99. The Bertz CT molecular complexity index is 912. The molecule has 21 heavy (non-hydrogen) atoms. The predicted molar refractivity (Wildman–Crippen MR) is 93.3 cm³/mol. The number of fused-ring (bicyclic) bond motifs is 4. The van der Waals surface area contributed by atoms with Gasteiger partial charge in [-0.05, 0) is 43.4 Å². The molecule has 2 heterocycles. The second-order valence-electron chi connectivity index (χ2n) is 6.45. The zero-order chi connectivity index (χ0) is 14.8. The maximum atomic E-state index is 6.11. The first-order valence-electron chi connectivity index (χ1n) is 7.14. The van der Waals surface area contributed by atoms with E-state index in [0.29, 0.717) is 0 Å². The molecule has 0 N–H and O–H groups in total. The summed E-state index contributed by atoms with van der Waals surface area (Å²) in [5.41, 5.74) is 5.86. The van der Waals surface area contributed by atoms with Crippen molar-refractivity contribution in [1.29, 1.82) is 0 Å². The Morgan fingerprint density at radius 3 is 2.62 bits per heavy atom. The monoisotopic (exact) mass is 297 g/mol. The van der Waals surface area contributed by atoms with Gasteiger partial charge in [0.05, 0.1) is 6.54 Å². The molecule has 2 nitrogen and oxygen atoms in total. The molecule has 0 saturated heterocycles. The van der Waals surface area contributed by atoms with Gasteiger partial charge in [-0.25, -0.2) is 10.0 Å². The van der Waals surface area contributed by atoms with Crippen LogP contribution in [-0.2, 0) is 6.54 Å². The summed E-state index contributed by atoms with van der Waals surface area (Å²) < 4.78 is 6.11. The van der Waals surface area contributed by atoms with Gasteiger partial charge < -0.3 is 4.42 Å². The third-order valence-corrected chi connectivity index (χ3v) is 5.80. The highest BCUT2D eigenvalue weighted by Crippen LogP contribution is 2.54. The number of para-hydroxylation sites is 1. The summed E-state index contributed by atoms with van der Waals surface area (Å²) in [5, 5.41) is 2.52. The van der Waals surface area contributed by atoms with Crippen LogP contribution < -0.4 is 0 Å². The molecule has 108 valence electrons. The van der Waals surface area contributed by atoms with Crippen molar-refractivity contribution in [1.82, 2.24) is 0 Å². The SMILES string of the molecule is CC1=NCc2cc3oc4ccccc4c3c(S(C)(C)C)c21. The van der Waals surface area contributed by atoms with Crippen LogP contribution in [0.4, 0.5) is 0 Å². The summed E-state index contributed by atoms with van der Waals surface area (Å²) in [6.07, 6.45) is 7.07. The van der Waals surface area contributed by atoms with E-state index < -0.39 is 10.0 Å². The van der Waals surface area contributed by atoms with E-state index in [4.69, 9.17) is 4.42 Å². The fourth-order valence-corrected chi connectivity index (χ4v) is 5.03. The van der Waals surface area contributed by atoms with Crippen molar-refractivity contribution in [2.75, 3.05) is 18.8 Å². The molecule has 0 bridgehead atoms. The summed E-state index contributed by atoms with van der Waals surface area (Å²) in [4.78, 5) is 6.11. The topological polar surface area (TPSA) is 25.5 Å². The lowest BCUT2D eigenvalue weighted by molar-refractivity contribution is 0.667. The van der Waals surface area contributed by atoms with Gasteiger partial charge in [0.1, 0.15) is 11.2 Å². The quantitative estimate of drug-likeness (QED) is 0.623. The van der Waals surface area contributed by atoms with Gasteiger partial charge in [0.2, 0.25) is 0 Å². The lowest BCUT2D eigenvalue weighted by Gasteiger charge is -2.29. The highest BCUT2D eigenvalue weighted by Gasteiger charge is 2.27. The van der Waals surface area contributed by atoms with Gasteiger partial charge in [-0.1, -0.05) is 18.2 Å². The second-order valence-corrected chi connectivity index (χ2v) is 10.5. The number of nitrogens with zero attached hydrogens (tertiary/aromatic N) is 1. The molecule has 3 aromatic rings. The summed E-state index contributed by atoms with van der Waals surface area (Å²) in [6, 6.07) is 10.5. The largest absolute Gasteiger partial charge is 0.456 e. The van der Waals surface area contributed by atoms with Crippen molar-refractivity contribution in [3.05, 3.63) is 41.5 Å². The van der Waals surface area contributed by atoms with Crippen molar-refractivity contribution in [2.24, 2.45) is 4.99 Å². The molecule has 0 radical (unpaired) electrons. The molecule has 0 unspecified atom stereocenters. The lowest BCUT2D eigenvalue weighted by Crippen LogP contribution is -2.04. The highest BCUT2D eigenvalue weighted by atomic mass is 32.3. The van der Waals surface area contributed by atoms with Gasteiger partial charge in [-0.3, -0.25) is 4.99 Å². The zero-order valence-electron chi connectivity index (χ0n) is 12.9. The molecule has 0 aliphatic carbocycles. The first-order chi connectivity index (χ1) is 9.97. The Labute approximate surface area is 126 Å². The first kappa shape index (κ1) is 13.0. The van der Waals surface area contributed by atoms with Crippen LogP contribution in [0.1, 0.15) is 18.1 Å². The molecule has 0 atom stereocenters. The van der Waals surface area contributed by atoms with Crippen molar-refractivity contribution in [3.63, 3.8) is 0 Å². The molecule has 0 amide bonds. The number of furan rings is 1. The standard InChI is InChI=1S/C18H19NOS/c1-11-16-12(10-19-11)9-15-17(18(16)21(2,3)4)13-7-5-6-8-14(13)20-15/h5-9H,10H2,1-4H3. The van der Waals surface area contributed by atoms with E-state index in [-0.39, 0.29) is 0 Å². The third-order valence-electron chi connectivity index (χ3n) is 4.16. The number of hydrogen-bond acceptors (Lipinski definition) is 2. The lowest BCUT2D eigenvalue weighted by atomic mass is 10.0. The molecule has 4 rings (SSSR count). The Kier molecular flexibility index (Phi) is 2.55. The zero-order valence-corrected chi connectivity index (χ0v) is 13.7. The van der Waals surface area contributed by atoms with Gasteiger partial charge in [-0.2, -0.15) is 0 Å². The van der Waals surface area contributed by atoms with Gasteiger partial charge in [-0.15, -0.1) is 0 Å². The normalized spacial score (nSPS) is 15.5. The minimum Gasteiger partial charge on any atom is -0.456 e. The second kappa shape index (κ2) is 4.14. The Balaban J connectivity index is 2.27. The van der Waals surface area contributed by atoms with E-state index in [9.17, 15) is 0 Å². The van der Waals surface area contributed by atoms with Crippen LogP contribution in [0.15, 0.2) is 44.6 Å². The molecule has 0 saturated carbocycles. The summed E-state index contributed by atoms with van der Waals surface area (Å²) in [7, 11) is -0.890. The molecular formula is C18H19NOS. The average molecular weight is 297 g/mol. The Hall–Kier alpha value is -1.74. The molecule has 0 fully saturated rings. The van der Waals surface area contributed by atoms with Crippen LogP contribution in [-0.4, -0.2) is 24.5 Å². The Morgan fingerprint density at radius 1 is 1.10 bits per heavy atom. The van der Waals surface area contributed by atoms with Crippen LogP contribution in [0.25, 0.3) is 21.9 Å². The Morgan fingerprint density at radius 2 is 1.86 bits per heavy atom. The minimum absolute atomic E-state index is 0.788. The molecule has 1 aliphatic rings. The van der Waals surface area contributed by atoms with Crippen molar-refractivity contribution in [2.45, 2.75) is 18.4 Å². The van der Waals surface area contributed by atoms with Crippen molar-refractivity contribution in [3.8, 4) is 0 Å². The molecule has 3 heteroatoms. The van der Waals surface area contributed by atoms with Gasteiger partial charge >= 0.3 is 0 Å². The van der Waals surface area contributed by atoms with E-state index >= 15 is 0 Å².